The third-order valence-corrected chi connectivity index (χ3v) is 4.79. The monoisotopic (exact) mass is 381 g/mol. The van der Waals surface area contributed by atoms with Gasteiger partial charge in [0.2, 0.25) is 5.91 Å². The van der Waals surface area contributed by atoms with Crippen LogP contribution in [0.2, 0.25) is 0 Å². The molecular formula is C25H19NO3. The normalized spacial score (nSPS) is 10.6. The van der Waals surface area contributed by atoms with E-state index in [0.717, 1.165) is 27.5 Å². The number of nitrogens with one attached hydrogen (secondary N) is 1. The summed E-state index contributed by atoms with van der Waals surface area (Å²) < 4.78 is 0. The lowest BCUT2D eigenvalue weighted by Crippen LogP contribution is -2.17. The summed E-state index contributed by atoms with van der Waals surface area (Å²) in [5.74, 6) is -1.33. The van der Waals surface area contributed by atoms with E-state index in [2.05, 4.69) is 5.32 Å². The Morgan fingerprint density at radius 3 is 2.10 bits per heavy atom. The Bertz CT molecular complexity index is 1200. The van der Waals surface area contributed by atoms with Crippen LogP contribution in [0.15, 0.2) is 91.0 Å². The highest BCUT2D eigenvalue weighted by atomic mass is 16.4. The second-order valence-corrected chi connectivity index (χ2v) is 6.84. The Labute approximate surface area is 168 Å². The van der Waals surface area contributed by atoms with E-state index < -0.39 is 5.97 Å². The molecule has 0 saturated heterocycles. The molecule has 0 bridgehead atoms. The maximum Gasteiger partial charge on any atom is 0.337 e. The van der Waals surface area contributed by atoms with Crippen LogP contribution in [0.4, 0.5) is 5.69 Å². The molecule has 0 radical (unpaired) electrons. The van der Waals surface area contributed by atoms with Crippen LogP contribution in [0.25, 0.3) is 21.9 Å². The van der Waals surface area contributed by atoms with Crippen molar-refractivity contribution in [2.45, 2.75) is 6.42 Å². The van der Waals surface area contributed by atoms with E-state index in [1.54, 1.807) is 12.1 Å². The number of fused-ring (bicyclic) bond motifs is 1. The smallest absolute Gasteiger partial charge is 0.337 e. The van der Waals surface area contributed by atoms with Gasteiger partial charge < -0.3 is 10.4 Å². The molecule has 4 rings (SSSR count). The average molecular weight is 381 g/mol. The van der Waals surface area contributed by atoms with Crippen LogP contribution in [0, 0.1) is 0 Å². The number of aromatic carboxylic acids is 1. The second-order valence-electron chi connectivity index (χ2n) is 6.84. The Kier molecular flexibility index (Phi) is 5.08. The summed E-state index contributed by atoms with van der Waals surface area (Å²) in [6.45, 7) is 0. The zero-order valence-corrected chi connectivity index (χ0v) is 15.6. The van der Waals surface area contributed by atoms with Crippen molar-refractivity contribution in [3.05, 3.63) is 102 Å². The van der Waals surface area contributed by atoms with Crippen LogP contribution in [0.1, 0.15) is 15.9 Å². The molecule has 0 heterocycles. The van der Waals surface area contributed by atoms with Crippen LogP contribution in [0.5, 0.6) is 0 Å². The number of benzene rings is 4. The van der Waals surface area contributed by atoms with Gasteiger partial charge in [0.15, 0.2) is 0 Å². The first-order valence-corrected chi connectivity index (χ1v) is 9.30. The minimum atomic E-state index is -1.07. The van der Waals surface area contributed by atoms with Crippen LogP contribution in [0.3, 0.4) is 0 Å². The Balaban J connectivity index is 1.57. The second kappa shape index (κ2) is 7.98. The lowest BCUT2D eigenvalue weighted by Gasteiger charge is -2.11. The highest BCUT2D eigenvalue weighted by molar-refractivity contribution is 6.05. The average Bonchev–Trinajstić information content (AvgIpc) is 2.74. The van der Waals surface area contributed by atoms with Gasteiger partial charge in [-0.25, -0.2) is 4.79 Å². The summed E-state index contributed by atoms with van der Waals surface area (Å²) in [6, 6.07) is 28.5. The zero-order valence-electron chi connectivity index (χ0n) is 15.6. The molecule has 4 aromatic rings. The van der Waals surface area contributed by atoms with Crippen molar-refractivity contribution < 1.29 is 14.7 Å². The van der Waals surface area contributed by atoms with Gasteiger partial charge in [-0.2, -0.15) is 0 Å². The fraction of sp³-hybridized carbons (Fsp3) is 0.0400. The third-order valence-electron chi connectivity index (χ3n) is 4.79. The number of carboxylic acid groups (broad SMARTS) is 1. The molecule has 142 valence electrons. The lowest BCUT2D eigenvalue weighted by molar-refractivity contribution is -0.115. The molecule has 0 saturated carbocycles. The van der Waals surface area contributed by atoms with Gasteiger partial charge in [-0.3, -0.25) is 4.79 Å². The van der Waals surface area contributed by atoms with Crippen molar-refractivity contribution in [3.8, 4) is 11.1 Å². The predicted molar refractivity (Wildman–Crippen MR) is 115 cm³/mol. The first kappa shape index (κ1) is 18.4. The molecule has 0 atom stereocenters. The van der Waals surface area contributed by atoms with Gasteiger partial charge in [-0.1, -0.05) is 78.9 Å². The lowest BCUT2D eigenvalue weighted by atomic mass is 10.0. The van der Waals surface area contributed by atoms with Gasteiger partial charge in [0.25, 0.3) is 0 Å². The number of anilines is 1. The highest BCUT2D eigenvalue weighted by Gasteiger charge is 2.14. The van der Waals surface area contributed by atoms with E-state index in [1.165, 1.54) is 0 Å². The number of rotatable bonds is 5. The number of hydrogen-bond donors (Lipinski definition) is 2. The van der Waals surface area contributed by atoms with Crippen LogP contribution < -0.4 is 5.32 Å². The largest absolute Gasteiger partial charge is 0.478 e. The molecule has 0 unspecified atom stereocenters. The quantitative estimate of drug-likeness (QED) is 0.487. The molecule has 0 aliphatic carbocycles. The summed E-state index contributed by atoms with van der Waals surface area (Å²) in [5.41, 5.74) is 3.36. The van der Waals surface area contributed by atoms with Crippen LogP contribution in [-0.2, 0) is 11.2 Å². The van der Waals surface area contributed by atoms with E-state index in [0.29, 0.717) is 5.69 Å². The summed E-state index contributed by atoms with van der Waals surface area (Å²) in [7, 11) is 0. The fourth-order valence-electron chi connectivity index (χ4n) is 3.39. The van der Waals surface area contributed by atoms with Gasteiger partial charge in [0.05, 0.1) is 17.7 Å². The minimum Gasteiger partial charge on any atom is -0.478 e. The topological polar surface area (TPSA) is 66.4 Å². The summed E-state index contributed by atoms with van der Waals surface area (Å²) in [5, 5.41) is 14.0. The number of amides is 1. The number of carbonyl (C=O) groups excluding carboxylic acids is 1. The van der Waals surface area contributed by atoms with Crippen LogP contribution >= 0.6 is 0 Å². The van der Waals surface area contributed by atoms with Crippen molar-refractivity contribution >= 4 is 28.3 Å². The Morgan fingerprint density at radius 2 is 1.38 bits per heavy atom. The first-order chi connectivity index (χ1) is 14.1. The summed E-state index contributed by atoms with van der Waals surface area (Å²) >= 11 is 0. The molecule has 1 amide bonds. The van der Waals surface area contributed by atoms with Gasteiger partial charge >= 0.3 is 5.97 Å². The van der Waals surface area contributed by atoms with Crippen molar-refractivity contribution in [2.75, 3.05) is 5.32 Å². The first-order valence-electron chi connectivity index (χ1n) is 9.30. The molecular weight excluding hydrogens is 362 g/mol. The molecule has 0 spiro atoms. The molecule has 0 fully saturated rings. The molecule has 4 heteroatoms. The molecule has 0 aliphatic heterocycles. The van der Waals surface area contributed by atoms with E-state index >= 15 is 0 Å². The van der Waals surface area contributed by atoms with Crippen molar-refractivity contribution in [1.82, 2.24) is 0 Å². The van der Waals surface area contributed by atoms with Gasteiger partial charge in [0.1, 0.15) is 0 Å². The molecule has 4 nitrogen and oxygen atoms in total. The van der Waals surface area contributed by atoms with Crippen molar-refractivity contribution in [3.63, 3.8) is 0 Å². The highest BCUT2D eigenvalue weighted by Crippen LogP contribution is 2.25. The van der Waals surface area contributed by atoms with Crippen LogP contribution in [-0.4, -0.2) is 17.0 Å². The molecule has 0 aromatic heterocycles. The zero-order chi connectivity index (χ0) is 20.2. The summed E-state index contributed by atoms with van der Waals surface area (Å²) in [4.78, 5) is 24.3. The maximum absolute atomic E-state index is 12.6. The predicted octanol–water partition coefficient (Wildman–Crippen LogP) is 5.39. The minimum absolute atomic E-state index is 0.0788. The number of carboxylic acids is 1. The van der Waals surface area contributed by atoms with Gasteiger partial charge in [-0.15, -0.1) is 0 Å². The van der Waals surface area contributed by atoms with Crippen molar-refractivity contribution in [1.29, 1.82) is 0 Å². The number of hydrogen-bond acceptors (Lipinski definition) is 2. The molecule has 29 heavy (non-hydrogen) atoms. The molecule has 2 N–H and O–H groups in total. The van der Waals surface area contributed by atoms with Crippen molar-refractivity contribution in [2.24, 2.45) is 0 Å². The summed E-state index contributed by atoms with van der Waals surface area (Å²) in [6.07, 6.45) is 0.159. The standard InChI is InChI=1S/C25H19NO3/c27-24(14-17-7-6-12-19(13-17)18-8-2-1-3-9-18)26-23-16-21-11-5-4-10-20(21)15-22(23)25(28)29/h1-13,15-16H,14H2,(H,26,27)(H,28,29). The van der Waals surface area contributed by atoms with Gasteiger partial charge in [0, 0.05) is 0 Å². The van der Waals surface area contributed by atoms with E-state index in [-0.39, 0.29) is 17.9 Å². The fourth-order valence-corrected chi connectivity index (χ4v) is 3.39. The SMILES string of the molecule is O=C(Cc1cccc(-c2ccccc2)c1)Nc1cc2ccccc2cc1C(=O)O. The van der Waals surface area contributed by atoms with E-state index in [4.69, 9.17) is 0 Å². The van der Waals surface area contributed by atoms with E-state index in [9.17, 15) is 14.7 Å². The Hall–Kier alpha value is -3.92. The molecule has 4 aromatic carbocycles. The van der Waals surface area contributed by atoms with E-state index in [1.807, 2.05) is 78.9 Å². The third kappa shape index (κ3) is 4.17. The maximum atomic E-state index is 12.6. The Morgan fingerprint density at radius 1 is 0.724 bits per heavy atom. The number of carbonyl (C=O) groups is 2. The molecule has 0 aliphatic rings. The van der Waals surface area contributed by atoms with Gasteiger partial charge in [-0.05, 0) is 39.6 Å².